The summed E-state index contributed by atoms with van der Waals surface area (Å²) in [5, 5.41) is 2.91. The highest BCUT2D eigenvalue weighted by molar-refractivity contribution is 5.75. The zero-order valence-electron chi connectivity index (χ0n) is 13.3. The molecule has 0 aromatic heterocycles. The van der Waals surface area contributed by atoms with Crippen molar-refractivity contribution in [3.63, 3.8) is 0 Å². The van der Waals surface area contributed by atoms with Crippen LogP contribution >= 0.6 is 0 Å². The normalized spacial score (nSPS) is 12.2. The summed E-state index contributed by atoms with van der Waals surface area (Å²) in [5.74, 6) is 0.849. The lowest BCUT2D eigenvalue weighted by molar-refractivity contribution is -0.121. The van der Waals surface area contributed by atoms with Gasteiger partial charge in [-0.1, -0.05) is 18.2 Å². The van der Waals surface area contributed by atoms with E-state index in [1.807, 2.05) is 45.3 Å². The Kier molecular flexibility index (Phi) is 7.79. The lowest BCUT2D eigenvalue weighted by atomic mass is 10.1. The fourth-order valence-corrected chi connectivity index (χ4v) is 1.77. The molecule has 1 aromatic carbocycles. The highest BCUT2D eigenvalue weighted by Gasteiger charge is 2.07. The first-order valence-corrected chi connectivity index (χ1v) is 7.36. The minimum atomic E-state index is 0.0235. The highest BCUT2D eigenvalue weighted by Crippen LogP contribution is 2.17. The third-order valence-electron chi connectivity index (χ3n) is 3.07. The maximum atomic E-state index is 11.7. The molecule has 0 spiro atoms. The molecule has 0 saturated carbocycles. The summed E-state index contributed by atoms with van der Waals surface area (Å²) < 4.78 is 5.77. The topological polar surface area (TPSA) is 67.6 Å². The second-order valence-corrected chi connectivity index (χ2v) is 5.55. The Morgan fingerprint density at radius 2 is 2.10 bits per heavy atom. The quantitative estimate of drug-likeness (QED) is 0.721. The Labute approximate surface area is 127 Å². The van der Waals surface area contributed by atoms with Crippen molar-refractivity contribution >= 4 is 5.91 Å². The van der Waals surface area contributed by atoms with Gasteiger partial charge in [-0.15, -0.1) is 0 Å². The van der Waals surface area contributed by atoms with Crippen LogP contribution in [0.5, 0.6) is 5.75 Å². The van der Waals surface area contributed by atoms with Crippen molar-refractivity contribution < 1.29 is 9.53 Å². The summed E-state index contributed by atoms with van der Waals surface area (Å²) in [6.45, 7) is 3.87. The predicted molar refractivity (Wildman–Crippen MR) is 85.2 cm³/mol. The average molecular weight is 293 g/mol. The van der Waals surface area contributed by atoms with E-state index in [0.717, 1.165) is 17.9 Å². The van der Waals surface area contributed by atoms with Crippen LogP contribution in [0, 0.1) is 0 Å². The standard InChI is InChI=1S/C16H27N3O2/c1-13(17)8-9-16(20)18-12-14-6-4-5-7-15(14)21-11-10-19(2)3/h4-7,13H,8-12,17H2,1-3H3,(H,18,20). The molecule has 0 aliphatic rings. The molecule has 1 unspecified atom stereocenters. The molecular formula is C16H27N3O2. The first-order chi connectivity index (χ1) is 9.99. The molecule has 1 rings (SSSR count). The number of hydrogen-bond donors (Lipinski definition) is 2. The van der Waals surface area contributed by atoms with Crippen LogP contribution in [-0.4, -0.2) is 44.1 Å². The lowest BCUT2D eigenvalue weighted by Gasteiger charge is -2.14. The number of nitrogens with zero attached hydrogens (tertiary/aromatic N) is 1. The summed E-state index contributed by atoms with van der Waals surface area (Å²) in [6.07, 6.45) is 1.16. The number of carbonyl (C=O) groups is 1. The SMILES string of the molecule is CC(N)CCC(=O)NCc1ccccc1OCCN(C)C. The minimum Gasteiger partial charge on any atom is -0.492 e. The summed E-state index contributed by atoms with van der Waals surface area (Å²) in [7, 11) is 4.02. The fourth-order valence-electron chi connectivity index (χ4n) is 1.77. The third-order valence-corrected chi connectivity index (χ3v) is 3.07. The van der Waals surface area contributed by atoms with Crippen LogP contribution in [0.15, 0.2) is 24.3 Å². The molecule has 5 heteroatoms. The summed E-state index contributed by atoms with van der Waals surface area (Å²) in [4.78, 5) is 13.8. The molecule has 0 heterocycles. The molecule has 0 saturated heterocycles. The summed E-state index contributed by atoms with van der Waals surface area (Å²) in [6, 6.07) is 7.84. The van der Waals surface area contributed by atoms with Gasteiger partial charge >= 0.3 is 0 Å². The van der Waals surface area contributed by atoms with Crippen LogP contribution in [0.3, 0.4) is 0 Å². The first kappa shape index (κ1) is 17.5. The molecule has 1 atom stereocenters. The van der Waals surface area contributed by atoms with E-state index in [2.05, 4.69) is 10.2 Å². The summed E-state index contributed by atoms with van der Waals surface area (Å²) in [5.41, 5.74) is 6.64. The van der Waals surface area contributed by atoms with Crippen LogP contribution in [0.2, 0.25) is 0 Å². The zero-order valence-corrected chi connectivity index (χ0v) is 13.3. The zero-order chi connectivity index (χ0) is 15.7. The smallest absolute Gasteiger partial charge is 0.220 e. The number of rotatable bonds is 9. The molecule has 5 nitrogen and oxygen atoms in total. The Balaban J connectivity index is 2.45. The van der Waals surface area contributed by atoms with Crippen LogP contribution in [0.1, 0.15) is 25.3 Å². The number of nitrogens with one attached hydrogen (secondary N) is 1. The van der Waals surface area contributed by atoms with Gasteiger partial charge < -0.3 is 20.7 Å². The monoisotopic (exact) mass is 293 g/mol. The van der Waals surface area contributed by atoms with Crippen molar-refractivity contribution in [2.75, 3.05) is 27.2 Å². The summed E-state index contributed by atoms with van der Waals surface area (Å²) >= 11 is 0. The Morgan fingerprint density at radius 3 is 2.76 bits per heavy atom. The number of likely N-dealkylation sites (N-methyl/N-ethyl adjacent to an activating group) is 1. The Morgan fingerprint density at radius 1 is 1.38 bits per heavy atom. The van der Waals surface area contributed by atoms with Crippen molar-refractivity contribution in [2.24, 2.45) is 5.73 Å². The Bertz CT molecular complexity index is 433. The molecule has 0 radical (unpaired) electrons. The van der Waals surface area contributed by atoms with Crippen LogP contribution in [0.4, 0.5) is 0 Å². The van der Waals surface area contributed by atoms with Crippen molar-refractivity contribution in [3.05, 3.63) is 29.8 Å². The van der Waals surface area contributed by atoms with Gasteiger partial charge in [-0.3, -0.25) is 4.79 Å². The Hall–Kier alpha value is -1.59. The van der Waals surface area contributed by atoms with Gasteiger partial charge in [-0.2, -0.15) is 0 Å². The lowest BCUT2D eigenvalue weighted by Crippen LogP contribution is -2.26. The van der Waals surface area contributed by atoms with Gasteiger partial charge in [0.1, 0.15) is 12.4 Å². The van der Waals surface area contributed by atoms with E-state index in [9.17, 15) is 4.79 Å². The number of benzene rings is 1. The number of amides is 1. The van der Waals surface area contributed by atoms with Crippen molar-refractivity contribution in [3.8, 4) is 5.75 Å². The highest BCUT2D eigenvalue weighted by atomic mass is 16.5. The first-order valence-electron chi connectivity index (χ1n) is 7.36. The molecule has 0 aliphatic carbocycles. The van der Waals surface area contributed by atoms with Gasteiger partial charge in [0.2, 0.25) is 5.91 Å². The molecule has 0 bridgehead atoms. The molecular weight excluding hydrogens is 266 g/mol. The maximum Gasteiger partial charge on any atom is 0.220 e. The number of carbonyl (C=O) groups excluding carboxylic acids is 1. The largest absolute Gasteiger partial charge is 0.492 e. The average Bonchev–Trinajstić information content (AvgIpc) is 2.43. The maximum absolute atomic E-state index is 11.7. The van der Waals surface area contributed by atoms with Crippen molar-refractivity contribution in [2.45, 2.75) is 32.4 Å². The van der Waals surface area contributed by atoms with E-state index in [1.165, 1.54) is 0 Å². The van der Waals surface area contributed by atoms with E-state index in [4.69, 9.17) is 10.5 Å². The number of para-hydroxylation sites is 1. The van der Waals surface area contributed by atoms with Gasteiger partial charge in [0.15, 0.2) is 0 Å². The number of nitrogens with two attached hydrogens (primary N) is 1. The van der Waals surface area contributed by atoms with Crippen LogP contribution < -0.4 is 15.8 Å². The second kappa shape index (κ2) is 9.37. The van der Waals surface area contributed by atoms with Gasteiger partial charge in [-0.05, 0) is 33.5 Å². The third kappa shape index (κ3) is 7.68. The van der Waals surface area contributed by atoms with Gasteiger partial charge in [-0.25, -0.2) is 0 Å². The number of ether oxygens (including phenoxy) is 1. The van der Waals surface area contributed by atoms with Crippen LogP contribution in [0.25, 0.3) is 0 Å². The van der Waals surface area contributed by atoms with Crippen molar-refractivity contribution in [1.29, 1.82) is 0 Å². The molecule has 1 amide bonds. The molecule has 1 aromatic rings. The van der Waals surface area contributed by atoms with E-state index >= 15 is 0 Å². The molecule has 0 fully saturated rings. The van der Waals surface area contributed by atoms with E-state index in [-0.39, 0.29) is 11.9 Å². The molecule has 118 valence electrons. The van der Waals surface area contributed by atoms with Gasteiger partial charge in [0.05, 0.1) is 0 Å². The van der Waals surface area contributed by atoms with Crippen molar-refractivity contribution in [1.82, 2.24) is 10.2 Å². The number of hydrogen-bond acceptors (Lipinski definition) is 4. The minimum absolute atomic E-state index is 0.0235. The second-order valence-electron chi connectivity index (χ2n) is 5.55. The van der Waals surface area contributed by atoms with E-state index in [0.29, 0.717) is 26.0 Å². The fraction of sp³-hybridized carbons (Fsp3) is 0.562. The molecule has 0 aliphatic heterocycles. The molecule has 3 N–H and O–H groups in total. The van der Waals surface area contributed by atoms with Gasteiger partial charge in [0, 0.05) is 31.1 Å². The predicted octanol–water partition coefficient (Wildman–Crippen LogP) is 1.37. The molecule has 21 heavy (non-hydrogen) atoms. The van der Waals surface area contributed by atoms with Gasteiger partial charge in [0.25, 0.3) is 0 Å². The van der Waals surface area contributed by atoms with Crippen LogP contribution in [-0.2, 0) is 11.3 Å². The van der Waals surface area contributed by atoms with E-state index < -0.39 is 0 Å². The van der Waals surface area contributed by atoms with E-state index in [1.54, 1.807) is 0 Å².